The zero-order valence-electron chi connectivity index (χ0n) is 34.0. The molecule has 0 spiro atoms. The Morgan fingerprint density at radius 3 is 2.16 bits per heavy atom. The Bertz CT molecular complexity index is 1430. The summed E-state index contributed by atoms with van der Waals surface area (Å²) in [5.41, 5.74) is 1.54. The second-order valence-electron chi connectivity index (χ2n) is 20.0. The van der Waals surface area contributed by atoms with Gasteiger partial charge in [-0.05, 0) is 144 Å². The highest BCUT2D eigenvalue weighted by Crippen LogP contribution is 2.75. The predicted molar refractivity (Wildman–Crippen MR) is 201 cm³/mol. The summed E-state index contributed by atoms with van der Waals surface area (Å²) in [6.07, 6.45) is 8.84. The van der Waals surface area contributed by atoms with Gasteiger partial charge in [-0.2, -0.15) is 0 Å². The molecule has 8 heteroatoms. The summed E-state index contributed by atoms with van der Waals surface area (Å²) in [4.78, 5) is 54.1. The van der Waals surface area contributed by atoms with Crippen molar-refractivity contribution in [3.05, 3.63) is 11.1 Å². The van der Waals surface area contributed by atoms with Gasteiger partial charge in [0.2, 0.25) is 5.91 Å². The lowest BCUT2D eigenvalue weighted by atomic mass is 9.33. The molecule has 5 aliphatic rings. The van der Waals surface area contributed by atoms with Crippen LogP contribution in [0.4, 0.5) is 0 Å². The summed E-state index contributed by atoms with van der Waals surface area (Å²) in [5, 5.41) is 12.6. The molecule has 0 aromatic heterocycles. The van der Waals surface area contributed by atoms with E-state index in [1.165, 1.54) is 5.57 Å². The maximum absolute atomic E-state index is 14.4. The minimum absolute atomic E-state index is 0.0378. The van der Waals surface area contributed by atoms with E-state index >= 15 is 0 Å². The van der Waals surface area contributed by atoms with Gasteiger partial charge in [0.05, 0.1) is 18.4 Å². The van der Waals surface area contributed by atoms with Crippen LogP contribution in [0.25, 0.3) is 0 Å². The quantitative estimate of drug-likeness (QED) is 0.209. The number of ketones is 1. The number of carbonyl (C=O) groups is 4. The maximum atomic E-state index is 14.4. The highest BCUT2D eigenvalue weighted by molar-refractivity contribution is 6.01. The van der Waals surface area contributed by atoms with E-state index in [0.717, 1.165) is 63.4 Å². The van der Waals surface area contributed by atoms with Crippen molar-refractivity contribution in [3.63, 3.8) is 0 Å². The van der Waals surface area contributed by atoms with E-state index in [-0.39, 0.29) is 63.9 Å². The first kappa shape index (κ1) is 40.0. The van der Waals surface area contributed by atoms with E-state index in [2.05, 4.69) is 67.6 Å². The van der Waals surface area contributed by atoms with Crippen LogP contribution >= 0.6 is 0 Å². The number of rotatable bonds is 11. The van der Waals surface area contributed by atoms with Crippen LogP contribution in [0.5, 0.6) is 0 Å². The van der Waals surface area contributed by atoms with Crippen molar-refractivity contribution in [1.29, 1.82) is 0 Å². The number of carboxylic acids is 1. The van der Waals surface area contributed by atoms with Gasteiger partial charge in [0.1, 0.15) is 6.10 Å². The Labute approximate surface area is 308 Å². The van der Waals surface area contributed by atoms with Crippen LogP contribution in [0, 0.1) is 62.6 Å². The summed E-state index contributed by atoms with van der Waals surface area (Å²) < 4.78 is 6.16. The van der Waals surface area contributed by atoms with Gasteiger partial charge in [-0.1, -0.05) is 54.0 Å². The second kappa shape index (κ2) is 13.9. The molecule has 3 unspecified atom stereocenters. The van der Waals surface area contributed by atoms with E-state index in [9.17, 15) is 24.3 Å². The molecule has 51 heavy (non-hydrogen) atoms. The molecule has 0 radical (unpaired) electrons. The molecule has 1 amide bonds. The van der Waals surface area contributed by atoms with E-state index in [1.807, 2.05) is 4.90 Å². The lowest BCUT2D eigenvalue weighted by Crippen LogP contribution is -2.65. The number of hydrogen-bond donors (Lipinski definition) is 2. The number of ether oxygens (including phenoxy) is 1. The van der Waals surface area contributed by atoms with Crippen molar-refractivity contribution in [2.75, 3.05) is 20.1 Å². The average Bonchev–Trinajstić information content (AvgIpc) is 3.29. The van der Waals surface area contributed by atoms with Gasteiger partial charge in [-0.15, -0.1) is 0 Å². The molecule has 2 N–H and O–H groups in total. The number of carbonyl (C=O) groups excluding carboxylic acids is 3. The molecule has 0 saturated heterocycles. The lowest BCUT2D eigenvalue weighted by molar-refractivity contribution is -0.232. The molecular formula is C43H70N2O6. The molecule has 288 valence electrons. The van der Waals surface area contributed by atoms with E-state index in [1.54, 1.807) is 20.9 Å². The monoisotopic (exact) mass is 711 g/mol. The summed E-state index contributed by atoms with van der Waals surface area (Å²) in [6, 6.07) is 0.0944. The largest absolute Gasteiger partial charge is 0.481 e. The molecule has 0 aromatic carbocycles. The SMILES string of the molecule is CNCC(=O)N(CC[C@@H]1C(=O)C(C(C)C)=C2C1CC[C@]1(C)[C@@H]2CCC2[C@@]3(C)CC[C@H](OC(=O)CC(C)(C)C(=O)O)C(C)(C)C3CC[C@]21C)C(C)C. The third-order valence-corrected chi connectivity index (χ3v) is 15.9. The Hall–Kier alpha value is -2.22. The molecule has 9 atom stereocenters. The minimum Gasteiger partial charge on any atom is -0.481 e. The number of carboxylic acid groups (broad SMARTS) is 1. The summed E-state index contributed by atoms with van der Waals surface area (Å²) >= 11 is 0. The van der Waals surface area contributed by atoms with Gasteiger partial charge in [0, 0.05) is 23.9 Å². The number of Topliss-reactive ketones (excluding diaryl/α,β-unsaturated/α-hetero) is 1. The second-order valence-corrected chi connectivity index (χ2v) is 20.0. The number of nitrogens with one attached hydrogen (secondary N) is 1. The molecule has 8 nitrogen and oxygen atoms in total. The van der Waals surface area contributed by atoms with Crippen molar-refractivity contribution in [2.45, 2.75) is 153 Å². The number of hydrogen-bond acceptors (Lipinski definition) is 6. The van der Waals surface area contributed by atoms with E-state index in [4.69, 9.17) is 4.74 Å². The zero-order chi connectivity index (χ0) is 38.1. The summed E-state index contributed by atoms with van der Waals surface area (Å²) in [6.45, 7) is 24.9. The number of amides is 1. The Balaban J connectivity index is 1.39. The Kier molecular flexibility index (Phi) is 10.9. The van der Waals surface area contributed by atoms with Crippen molar-refractivity contribution in [1.82, 2.24) is 10.2 Å². The van der Waals surface area contributed by atoms with Crippen molar-refractivity contribution in [3.8, 4) is 0 Å². The number of aliphatic carboxylic acids is 1. The lowest BCUT2D eigenvalue weighted by Gasteiger charge is -2.71. The van der Waals surface area contributed by atoms with Gasteiger partial charge >= 0.3 is 11.9 Å². The fourth-order valence-corrected chi connectivity index (χ4v) is 13.1. The highest BCUT2D eigenvalue weighted by atomic mass is 16.5. The molecule has 0 bridgehead atoms. The molecule has 4 fully saturated rings. The minimum atomic E-state index is -1.15. The smallest absolute Gasteiger partial charge is 0.309 e. The average molecular weight is 711 g/mol. The normalized spacial score (nSPS) is 37.4. The Morgan fingerprint density at radius 2 is 1.57 bits per heavy atom. The first-order chi connectivity index (χ1) is 23.6. The fourth-order valence-electron chi connectivity index (χ4n) is 13.1. The zero-order valence-corrected chi connectivity index (χ0v) is 34.0. The number of fused-ring (bicyclic) bond motifs is 7. The fraction of sp³-hybridized carbons (Fsp3) is 0.860. The van der Waals surface area contributed by atoms with Crippen LogP contribution in [-0.2, 0) is 23.9 Å². The molecule has 4 saturated carbocycles. The van der Waals surface area contributed by atoms with Crippen LogP contribution in [0.1, 0.15) is 140 Å². The summed E-state index contributed by atoms with van der Waals surface area (Å²) in [7, 11) is 1.81. The van der Waals surface area contributed by atoms with Crippen molar-refractivity contribution >= 4 is 23.6 Å². The van der Waals surface area contributed by atoms with Gasteiger partial charge < -0.3 is 20.1 Å². The van der Waals surface area contributed by atoms with Crippen LogP contribution in [-0.4, -0.2) is 65.9 Å². The van der Waals surface area contributed by atoms with Gasteiger partial charge in [0.25, 0.3) is 0 Å². The van der Waals surface area contributed by atoms with Crippen molar-refractivity contribution < 1.29 is 29.0 Å². The van der Waals surface area contributed by atoms with Gasteiger partial charge in [0.15, 0.2) is 5.78 Å². The van der Waals surface area contributed by atoms with Gasteiger partial charge in [-0.25, -0.2) is 0 Å². The van der Waals surface area contributed by atoms with Crippen LogP contribution in [0.2, 0.25) is 0 Å². The Morgan fingerprint density at radius 1 is 0.922 bits per heavy atom. The molecule has 5 aliphatic carbocycles. The topological polar surface area (TPSA) is 113 Å². The van der Waals surface area contributed by atoms with E-state index < -0.39 is 17.4 Å². The van der Waals surface area contributed by atoms with E-state index in [0.29, 0.717) is 36.6 Å². The third-order valence-electron chi connectivity index (χ3n) is 15.9. The number of esters is 1. The molecule has 5 rings (SSSR count). The molecule has 0 aromatic rings. The first-order valence-corrected chi connectivity index (χ1v) is 20.2. The standard InChI is InChI=1S/C43H70N2O6/c1-25(2)35-36-27(28(37(35)48)18-22-45(26(3)4)33(46)24-44-12)15-20-42(10)29(36)13-14-31-41(9)19-17-32(51-34(47)23-39(5,6)38(49)50)40(7,8)30(41)16-21-43(31,42)11/h25-32,44H,13-24H2,1-12H3,(H,49,50)/t27?,28-,29+,30?,31?,32-,41-,42+,43+/m0/s1. The number of nitrogens with zero attached hydrogens (tertiary/aromatic N) is 1. The first-order valence-electron chi connectivity index (χ1n) is 20.2. The third kappa shape index (κ3) is 6.43. The molecular weight excluding hydrogens is 640 g/mol. The molecule has 0 heterocycles. The van der Waals surface area contributed by atoms with Gasteiger partial charge in [-0.3, -0.25) is 19.2 Å². The predicted octanol–water partition coefficient (Wildman–Crippen LogP) is 8.08. The van der Waals surface area contributed by atoms with Crippen molar-refractivity contribution in [2.24, 2.45) is 62.6 Å². The van der Waals surface area contributed by atoms with Crippen LogP contribution < -0.4 is 5.32 Å². The number of likely N-dealkylation sites (N-methyl/N-ethyl adjacent to an activating group) is 1. The van der Waals surface area contributed by atoms with Crippen LogP contribution in [0.15, 0.2) is 11.1 Å². The molecule has 0 aliphatic heterocycles. The number of allylic oxidation sites excluding steroid dienone is 2. The highest BCUT2D eigenvalue weighted by Gasteiger charge is 2.69. The van der Waals surface area contributed by atoms with Crippen LogP contribution in [0.3, 0.4) is 0 Å². The maximum Gasteiger partial charge on any atom is 0.309 e. The summed E-state index contributed by atoms with van der Waals surface area (Å²) in [5.74, 6) is 0.827.